The Morgan fingerprint density at radius 3 is 3.00 bits per heavy atom. The van der Waals surface area contributed by atoms with Crippen LogP contribution in [-0.4, -0.2) is 23.7 Å². The van der Waals surface area contributed by atoms with Crippen molar-refractivity contribution in [3.8, 4) is 0 Å². The predicted octanol–water partition coefficient (Wildman–Crippen LogP) is 0.436. The van der Waals surface area contributed by atoms with E-state index < -0.39 is 17.3 Å². The van der Waals surface area contributed by atoms with Crippen LogP contribution in [0.25, 0.3) is 0 Å². The number of ether oxygens (including phenoxy) is 1. The van der Waals surface area contributed by atoms with Crippen molar-refractivity contribution < 1.29 is 19.4 Å². The molecule has 1 N–H and O–H groups in total. The van der Waals surface area contributed by atoms with Crippen LogP contribution in [0.2, 0.25) is 0 Å². The molecule has 2 bridgehead atoms. The fraction of sp³-hybridized carbons (Fsp3) is 0.600. The summed E-state index contributed by atoms with van der Waals surface area (Å²) in [5.41, 5.74) is -0.948. The van der Waals surface area contributed by atoms with Crippen molar-refractivity contribution in [2.75, 3.05) is 6.61 Å². The lowest BCUT2D eigenvalue weighted by atomic mass is 9.70. The summed E-state index contributed by atoms with van der Waals surface area (Å²) in [4.78, 5) is 22.7. The maximum absolute atomic E-state index is 11.4. The molecular formula is C10H10O4. The largest absolute Gasteiger partial charge is 0.481 e. The van der Waals surface area contributed by atoms with Crippen molar-refractivity contribution in [2.45, 2.75) is 6.42 Å². The predicted molar refractivity (Wildman–Crippen MR) is 45.3 cm³/mol. The van der Waals surface area contributed by atoms with Gasteiger partial charge in [0, 0.05) is 0 Å². The fourth-order valence-electron chi connectivity index (χ4n) is 3.18. The number of rotatable bonds is 1. The molecule has 1 saturated heterocycles. The number of allylic oxidation sites excluding steroid dienone is 2. The number of hydrogen-bond acceptors (Lipinski definition) is 3. The number of fused-ring (bicyclic) bond motifs is 5. The molecule has 14 heavy (non-hydrogen) atoms. The maximum Gasteiger partial charge on any atom is 0.314 e. The Morgan fingerprint density at radius 1 is 1.57 bits per heavy atom. The normalized spacial score (nSPS) is 48.0. The summed E-state index contributed by atoms with van der Waals surface area (Å²) in [6, 6.07) is 0. The van der Waals surface area contributed by atoms with E-state index in [2.05, 4.69) is 0 Å². The quantitative estimate of drug-likeness (QED) is 0.486. The second-order valence-corrected chi connectivity index (χ2v) is 4.32. The Morgan fingerprint density at radius 2 is 2.36 bits per heavy atom. The molecule has 4 heteroatoms. The molecule has 1 saturated carbocycles. The smallest absolute Gasteiger partial charge is 0.314 e. The summed E-state index contributed by atoms with van der Waals surface area (Å²) < 4.78 is 4.91. The van der Waals surface area contributed by atoms with Crippen LogP contribution in [0.1, 0.15) is 6.42 Å². The van der Waals surface area contributed by atoms with E-state index in [0.717, 1.165) is 6.42 Å². The van der Waals surface area contributed by atoms with Gasteiger partial charge in [0.25, 0.3) is 0 Å². The first-order valence-corrected chi connectivity index (χ1v) is 4.74. The number of carboxylic acid groups (broad SMARTS) is 1. The summed E-state index contributed by atoms with van der Waals surface area (Å²) >= 11 is 0. The third-order valence-corrected chi connectivity index (χ3v) is 3.87. The summed E-state index contributed by atoms with van der Waals surface area (Å²) in [5.74, 6) is -1.57. The van der Waals surface area contributed by atoms with Crippen molar-refractivity contribution in [3.63, 3.8) is 0 Å². The molecule has 0 radical (unpaired) electrons. The molecule has 1 aliphatic heterocycles. The molecule has 2 aliphatic carbocycles. The Kier molecular flexibility index (Phi) is 1.25. The van der Waals surface area contributed by atoms with Crippen LogP contribution in [0, 0.1) is 23.2 Å². The van der Waals surface area contributed by atoms with Crippen LogP contribution in [0.3, 0.4) is 0 Å². The lowest BCUT2D eigenvalue weighted by Gasteiger charge is -2.27. The minimum atomic E-state index is -0.948. The maximum atomic E-state index is 11.4. The number of carbonyl (C=O) groups is 2. The van der Waals surface area contributed by atoms with Gasteiger partial charge in [0.1, 0.15) is 12.0 Å². The highest BCUT2D eigenvalue weighted by Crippen LogP contribution is 2.59. The molecule has 74 valence electrons. The first-order valence-electron chi connectivity index (χ1n) is 4.74. The number of carbonyl (C=O) groups excluding carboxylic acids is 1. The Balaban J connectivity index is 2.14. The number of carboxylic acids is 1. The molecule has 0 amide bonds. The van der Waals surface area contributed by atoms with E-state index in [1.54, 1.807) is 0 Å². The van der Waals surface area contributed by atoms with Gasteiger partial charge in [-0.3, -0.25) is 9.59 Å². The van der Waals surface area contributed by atoms with Gasteiger partial charge in [0.05, 0.1) is 5.92 Å². The Labute approximate surface area is 80.5 Å². The van der Waals surface area contributed by atoms with E-state index in [-0.39, 0.29) is 24.4 Å². The number of esters is 1. The highest BCUT2D eigenvalue weighted by atomic mass is 16.5. The van der Waals surface area contributed by atoms with E-state index in [9.17, 15) is 14.7 Å². The Hall–Kier alpha value is -1.32. The molecule has 0 aromatic heterocycles. The van der Waals surface area contributed by atoms with E-state index >= 15 is 0 Å². The molecule has 3 rings (SSSR count). The van der Waals surface area contributed by atoms with E-state index in [4.69, 9.17) is 4.74 Å². The van der Waals surface area contributed by atoms with Crippen LogP contribution in [-0.2, 0) is 14.3 Å². The van der Waals surface area contributed by atoms with Gasteiger partial charge in [-0.15, -0.1) is 0 Å². The third-order valence-electron chi connectivity index (χ3n) is 3.87. The summed E-state index contributed by atoms with van der Waals surface area (Å²) in [6.45, 7) is 0.0529. The third kappa shape index (κ3) is 0.636. The van der Waals surface area contributed by atoms with Gasteiger partial charge in [-0.1, -0.05) is 12.2 Å². The average Bonchev–Trinajstić information content (AvgIpc) is 2.76. The van der Waals surface area contributed by atoms with Crippen LogP contribution < -0.4 is 0 Å². The van der Waals surface area contributed by atoms with Crippen molar-refractivity contribution in [1.29, 1.82) is 0 Å². The van der Waals surface area contributed by atoms with Gasteiger partial charge >= 0.3 is 11.9 Å². The number of cyclic esters (lactones) is 1. The highest BCUT2D eigenvalue weighted by Gasteiger charge is 2.68. The zero-order valence-corrected chi connectivity index (χ0v) is 7.47. The zero-order chi connectivity index (χ0) is 9.92. The van der Waals surface area contributed by atoms with E-state index in [1.807, 2.05) is 12.2 Å². The summed E-state index contributed by atoms with van der Waals surface area (Å²) in [7, 11) is 0. The number of aliphatic carboxylic acids is 1. The molecule has 0 spiro atoms. The lowest BCUT2D eigenvalue weighted by Crippen LogP contribution is -2.42. The zero-order valence-electron chi connectivity index (χ0n) is 7.47. The SMILES string of the molecule is O=C1OC[C@@]2(C(=O)O)C3C=C[C@@H](C3)[C@H]12. The van der Waals surface area contributed by atoms with Gasteiger partial charge in [-0.05, 0) is 18.3 Å². The topological polar surface area (TPSA) is 63.6 Å². The molecule has 2 fully saturated rings. The Bertz CT molecular complexity index is 359. The van der Waals surface area contributed by atoms with Gasteiger partial charge in [-0.2, -0.15) is 0 Å². The van der Waals surface area contributed by atoms with Crippen molar-refractivity contribution in [1.82, 2.24) is 0 Å². The van der Waals surface area contributed by atoms with E-state index in [0.29, 0.717) is 0 Å². The number of hydrogen-bond donors (Lipinski definition) is 1. The van der Waals surface area contributed by atoms with Gasteiger partial charge in [-0.25, -0.2) is 0 Å². The molecular weight excluding hydrogens is 184 g/mol. The average molecular weight is 194 g/mol. The molecule has 3 aliphatic rings. The van der Waals surface area contributed by atoms with Crippen LogP contribution in [0.15, 0.2) is 12.2 Å². The van der Waals surface area contributed by atoms with Crippen molar-refractivity contribution >= 4 is 11.9 Å². The van der Waals surface area contributed by atoms with Crippen LogP contribution in [0.4, 0.5) is 0 Å². The van der Waals surface area contributed by atoms with Crippen LogP contribution >= 0.6 is 0 Å². The van der Waals surface area contributed by atoms with E-state index in [1.165, 1.54) is 0 Å². The molecule has 0 aromatic carbocycles. The lowest BCUT2D eigenvalue weighted by molar-refractivity contribution is -0.153. The molecule has 1 unspecified atom stereocenters. The van der Waals surface area contributed by atoms with Gasteiger partial charge in [0.2, 0.25) is 0 Å². The monoisotopic (exact) mass is 194 g/mol. The molecule has 4 atom stereocenters. The van der Waals surface area contributed by atoms with Crippen molar-refractivity contribution in [2.24, 2.45) is 23.2 Å². The molecule has 4 nitrogen and oxygen atoms in total. The fourth-order valence-corrected chi connectivity index (χ4v) is 3.18. The minimum absolute atomic E-state index is 0.0125. The van der Waals surface area contributed by atoms with Gasteiger partial charge in [0.15, 0.2) is 0 Å². The molecule has 1 heterocycles. The first-order chi connectivity index (χ1) is 6.66. The summed E-state index contributed by atoms with van der Waals surface area (Å²) in [5, 5.41) is 9.25. The highest BCUT2D eigenvalue weighted by molar-refractivity contribution is 5.89. The second-order valence-electron chi connectivity index (χ2n) is 4.32. The van der Waals surface area contributed by atoms with Crippen molar-refractivity contribution in [3.05, 3.63) is 12.2 Å². The van der Waals surface area contributed by atoms with Gasteiger partial charge < -0.3 is 9.84 Å². The minimum Gasteiger partial charge on any atom is -0.481 e. The second kappa shape index (κ2) is 2.19. The van der Waals surface area contributed by atoms with Crippen LogP contribution in [0.5, 0.6) is 0 Å². The standard InChI is InChI=1S/C10H10O4/c11-8-7-5-1-2-6(3-5)10(7,4-14-8)9(12)13/h1-2,5-7H,3-4H2,(H,12,13)/t5-,6?,7+,10+/m0/s1. The molecule has 0 aromatic rings. The first kappa shape index (κ1) is 8.03. The summed E-state index contributed by atoms with van der Waals surface area (Å²) in [6.07, 6.45) is 4.69.